The molecule has 4 heterocycles. The van der Waals surface area contributed by atoms with Gasteiger partial charge in [0.2, 0.25) is 0 Å². The summed E-state index contributed by atoms with van der Waals surface area (Å²) in [6, 6.07) is 3.54. The number of pyridine rings is 1. The number of rotatable bonds is 3. The number of halogens is 5. The smallest absolute Gasteiger partial charge is 0.355 e. The number of aromatic nitrogens is 5. The molecule has 0 saturated carbocycles. The standard InChI is InChI=1S/C18H15F5N6/c1-10-4-5-28(15-3-2-11(7-24-15)18(21,22)23)8-12(10)14-6-13(16(19)20)27-17-25-9-26-29(14)17/h2-3,6-7,9,12,16H,1,4-5,8H2/t12-/m1/s1. The summed E-state index contributed by atoms with van der Waals surface area (Å²) in [6.07, 6.45) is -4.71. The monoisotopic (exact) mass is 410 g/mol. The SMILES string of the molecule is C=C1CCN(c2ccc(C(F)(F)F)cn2)C[C@H]1c1cc(C(F)F)nc2ncnn12. The molecule has 0 radical (unpaired) electrons. The van der Waals surface area contributed by atoms with Gasteiger partial charge in [0, 0.05) is 25.2 Å². The van der Waals surface area contributed by atoms with Gasteiger partial charge in [-0.2, -0.15) is 23.3 Å². The molecular formula is C18H15F5N6. The Bertz CT molecular complexity index is 1040. The Labute approximate surface area is 161 Å². The predicted octanol–water partition coefficient (Wildman–Crippen LogP) is 4.03. The van der Waals surface area contributed by atoms with Crippen molar-refractivity contribution in [2.75, 3.05) is 18.0 Å². The van der Waals surface area contributed by atoms with Crippen molar-refractivity contribution in [1.29, 1.82) is 0 Å². The van der Waals surface area contributed by atoms with Crippen molar-refractivity contribution in [3.05, 3.63) is 59.8 Å². The van der Waals surface area contributed by atoms with Gasteiger partial charge in [0.1, 0.15) is 17.8 Å². The molecule has 1 aliphatic rings. The van der Waals surface area contributed by atoms with E-state index in [0.717, 1.165) is 17.8 Å². The zero-order valence-electron chi connectivity index (χ0n) is 14.9. The fourth-order valence-corrected chi connectivity index (χ4v) is 3.36. The third kappa shape index (κ3) is 3.64. The summed E-state index contributed by atoms with van der Waals surface area (Å²) in [4.78, 5) is 13.4. The highest BCUT2D eigenvalue weighted by Gasteiger charge is 2.32. The maximum Gasteiger partial charge on any atom is 0.417 e. The first kappa shape index (κ1) is 19.2. The van der Waals surface area contributed by atoms with Crippen LogP contribution in [0.25, 0.3) is 5.78 Å². The first-order valence-corrected chi connectivity index (χ1v) is 8.68. The van der Waals surface area contributed by atoms with Crippen molar-refractivity contribution in [3.8, 4) is 0 Å². The van der Waals surface area contributed by atoms with Gasteiger partial charge in [-0.25, -0.2) is 23.3 Å². The minimum Gasteiger partial charge on any atom is -0.355 e. The number of fused-ring (bicyclic) bond motifs is 1. The van der Waals surface area contributed by atoms with E-state index < -0.39 is 29.8 Å². The summed E-state index contributed by atoms with van der Waals surface area (Å²) >= 11 is 0. The first-order valence-electron chi connectivity index (χ1n) is 8.68. The van der Waals surface area contributed by atoms with Crippen molar-refractivity contribution in [3.63, 3.8) is 0 Å². The molecule has 6 nitrogen and oxygen atoms in total. The van der Waals surface area contributed by atoms with Crippen LogP contribution in [0.2, 0.25) is 0 Å². The van der Waals surface area contributed by atoms with Crippen molar-refractivity contribution >= 4 is 11.6 Å². The minimum atomic E-state index is -4.47. The second-order valence-corrected chi connectivity index (χ2v) is 6.69. The van der Waals surface area contributed by atoms with Crippen LogP contribution < -0.4 is 4.90 Å². The minimum absolute atomic E-state index is 0.0513. The molecule has 1 fully saturated rings. The fraction of sp³-hybridized carbons (Fsp3) is 0.333. The van der Waals surface area contributed by atoms with Crippen molar-refractivity contribution in [1.82, 2.24) is 24.6 Å². The van der Waals surface area contributed by atoms with Gasteiger partial charge in [-0.1, -0.05) is 12.2 Å². The molecule has 152 valence electrons. The van der Waals surface area contributed by atoms with Gasteiger partial charge >= 0.3 is 6.18 Å². The first-order chi connectivity index (χ1) is 13.7. The van der Waals surface area contributed by atoms with Crippen LogP contribution in [-0.4, -0.2) is 37.7 Å². The molecule has 1 saturated heterocycles. The van der Waals surface area contributed by atoms with Gasteiger partial charge in [0.25, 0.3) is 12.2 Å². The zero-order chi connectivity index (χ0) is 20.8. The van der Waals surface area contributed by atoms with Crippen molar-refractivity contribution < 1.29 is 22.0 Å². The van der Waals surface area contributed by atoms with Gasteiger partial charge < -0.3 is 4.90 Å². The zero-order valence-corrected chi connectivity index (χ0v) is 14.9. The highest BCUT2D eigenvalue weighted by atomic mass is 19.4. The number of nitrogens with zero attached hydrogens (tertiary/aromatic N) is 6. The van der Waals surface area contributed by atoms with Crippen LogP contribution in [0, 0.1) is 0 Å². The van der Waals surface area contributed by atoms with Crippen LogP contribution in [0.1, 0.15) is 35.7 Å². The highest BCUT2D eigenvalue weighted by molar-refractivity contribution is 5.45. The van der Waals surface area contributed by atoms with Crippen LogP contribution in [0.3, 0.4) is 0 Å². The second kappa shape index (κ2) is 7.05. The molecule has 0 amide bonds. The quantitative estimate of drug-likeness (QED) is 0.482. The maximum atomic E-state index is 13.3. The number of alkyl halides is 5. The molecule has 1 aliphatic heterocycles. The van der Waals surface area contributed by atoms with E-state index in [1.165, 1.54) is 23.0 Å². The van der Waals surface area contributed by atoms with Crippen LogP contribution in [-0.2, 0) is 6.18 Å². The molecule has 0 bridgehead atoms. The van der Waals surface area contributed by atoms with E-state index in [9.17, 15) is 22.0 Å². The van der Waals surface area contributed by atoms with E-state index in [-0.39, 0.29) is 5.78 Å². The Morgan fingerprint density at radius 3 is 2.62 bits per heavy atom. The number of piperidine rings is 1. The molecule has 11 heteroatoms. The molecule has 0 spiro atoms. The average Bonchev–Trinajstić information content (AvgIpc) is 3.16. The third-order valence-electron chi connectivity index (χ3n) is 4.88. The highest BCUT2D eigenvalue weighted by Crippen LogP contribution is 2.35. The van der Waals surface area contributed by atoms with E-state index in [0.29, 0.717) is 31.0 Å². The average molecular weight is 410 g/mol. The fourth-order valence-electron chi connectivity index (χ4n) is 3.36. The van der Waals surface area contributed by atoms with Crippen LogP contribution in [0.5, 0.6) is 0 Å². The molecule has 0 aromatic carbocycles. The van der Waals surface area contributed by atoms with Crippen LogP contribution in [0.15, 0.2) is 42.9 Å². The number of hydrogen-bond acceptors (Lipinski definition) is 5. The molecule has 1 atom stereocenters. The van der Waals surface area contributed by atoms with Gasteiger partial charge in [-0.05, 0) is 24.6 Å². The summed E-state index contributed by atoms with van der Waals surface area (Å²) < 4.78 is 66.2. The maximum absolute atomic E-state index is 13.3. The summed E-state index contributed by atoms with van der Waals surface area (Å²) in [6.45, 7) is 4.85. The molecular weight excluding hydrogens is 395 g/mol. The van der Waals surface area contributed by atoms with Crippen LogP contribution in [0.4, 0.5) is 27.8 Å². The second-order valence-electron chi connectivity index (χ2n) is 6.69. The summed E-state index contributed by atoms with van der Waals surface area (Å²) in [5.41, 5.74) is -0.00174. The molecule has 29 heavy (non-hydrogen) atoms. The number of anilines is 1. The molecule has 0 aliphatic carbocycles. The van der Waals surface area contributed by atoms with E-state index in [1.54, 1.807) is 4.90 Å². The lowest BCUT2D eigenvalue weighted by Crippen LogP contribution is -2.37. The topological polar surface area (TPSA) is 59.2 Å². The third-order valence-corrected chi connectivity index (χ3v) is 4.88. The predicted molar refractivity (Wildman–Crippen MR) is 93.7 cm³/mol. The molecule has 0 unspecified atom stereocenters. The number of hydrogen-bond donors (Lipinski definition) is 0. The van der Waals surface area contributed by atoms with Gasteiger partial charge in [0.15, 0.2) is 0 Å². The summed E-state index contributed by atoms with van der Waals surface area (Å²) in [5.74, 6) is 0.0291. The van der Waals surface area contributed by atoms with Gasteiger partial charge in [0.05, 0.1) is 11.3 Å². The molecule has 0 N–H and O–H groups in total. The Kier molecular flexibility index (Phi) is 4.67. The van der Waals surface area contributed by atoms with Gasteiger partial charge in [-0.3, -0.25) is 0 Å². The lowest BCUT2D eigenvalue weighted by Gasteiger charge is -2.35. The van der Waals surface area contributed by atoms with E-state index in [2.05, 4.69) is 26.6 Å². The molecule has 3 aromatic rings. The van der Waals surface area contributed by atoms with Crippen molar-refractivity contribution in [2.45, 2.75) is 24.9 Å². The summed E-state index contributed by atoms with van der Waals surface area (Å²) in [7, 11) is 0. The lowest BCUT2D eigenvalue weighted by atomic mass is 9.89. The van der Waals surface area contributed by atoms with E-state index in [4.69, 9.17) is 0 Å². The Hall–Kier alpha value is -3.11. The Morgan fingerprint density at radius 1 is 1.17 bits per heavy atom. The Morgan fingerprint density at radius 2 is 1.97 bits per heavy atom. The van der Waals surface area contributed by atoms with E-state index in [1.807, 2.05) is 0 Å². The Balaban J connectivity index is 1.67. The largest absolute Gasteiger partial charge is 0.417 e. The van der Waals surface area contributed by atoms with Gasteiger partial charge in [-0.15, -0.1) is 0 Å². The summed E-state index contributed by atoms with van der Waals surface area (Å²) in [5, 5.41) is 4.06. The van der Waals surface area contributed by atoms with E-state index >= 15 is 0 Å². The molecule has 3 aromatic heterocycles. The normalized spacial score (nSPS) is 18.1. The molecule has 4 rings (SSSR count). The van der Waals surface area contributed by atoms with Crippen molar-refractivity contribution in [2.24, 2.45) is 0 Å². The van der Waals surface area contributed by atoms with Crippen LogP contribution >= 0.6 is 0 Å². The lowest BCUT2D eigenvalue weighted by molar-refractivity contribution is -0.137.